The first-order valence-corrected chi connectivity index (χ1v) is 10.5. The molecule has 1 N–H and O–H groups in total. The molecular weight excluding hydrogens is 362 g/mol. The van der Waals surface area contributed by atoms with E-state index in [2.05, 4.69) is 55.3 Å². The summed E-state index contributed by atoms with van der Waals surface area (Å²) in [7, 11) is 0. The number of hydrogen-bond donors (Lipinski definition) is 1. The van der Waals surface area contributed by atoms with Gasteiger partial charge in [0.1, 0.15) is 5.82 Å². The van der Waals surface area contributed by atoms with Gasteiger partial charge in [-0.05, 0) is 43.9 Å². The number of carbonyl (C=O) groups is 1. The molecule has 1 unspecified atom stereocenters. The van der Waals surface area contributed by atoms with Crippen molar-refractivity contribution in [2.75, 3.05) is 18.4 Å². The molecule has 1 aliphatic rings. The SMILES string of the molecule is Cc1cccc(-c2cnc3ccc(NCC4CCCN4C(=O)CC(C)C)nn23)c1. The first kappa shape index (κ1) is 19.4. The number of imidazole rings is 1. The van der Waals surface area contributed by atoms with E-state index in [0.717, 1.165) is 48.7 Å². The molecule has 0 spiro atoms. The van der Waals surface area contributed by atoms with E-state index >= 15 is 0 Å². The number of benzene rings is 1. The summed E-state index contributed by atoms with van der Waals surface area (Å²) in [6.45, 7) is 7.86. The molecule has 3 heterocycles. The second-order valence-corrected chi connectivity index (χ2v) is 8.36. The Morgan fingerprint density at radius 2 is 2.14 bits per heavy atom. The monoisotopic (exact) mass is 391 g/mol. The van der Waals surface area contributed by atoms with Gasteiger partial charge < -0.3 is 10.2 Å². The molecule has 6 nitrogen and oxygen atoms in total. The van der Waals surface area contributed by atoms with Crippen molar-refractivity contribution in [3.05, 3.63) is 48.2 Å². The van der Waals surface area contributed by atoms with Crippen molar-refractivity contribution >= 4 is 17.4 Å². The third-order valence-electron chi connectivity index (χ3n) is 5.48. The Morgan fingerprint density at radius 3 is 2.93 bits per heavy atom. The molecule has 1 saturated heterocycles. The number of hydrogen-bond acceptors (Lipinski definition) is 4. The van der Waals surface area contributed by atoms with Gasteiger partial charge in [0, 0.05) is 31.1 Å². The smallest absolute Gasteiger partial charge is 0.223 e. The lowest BCUT2D eigenvalue weighted by Gasteiger charge is -2.26. The van der Waals surface area contributed by atoms with Gasteiger partial charge in [0.15, 0.2) is 5.65 Å². The van der Waals surface area contributed by atoms with Crippen molar-refractivity contribution in [2.45, 2.75) is 46.1 Å². The van der Waals surface area contributed by atoms with Crippen LogP contribution in [-0.2, 0) is 4.79 Å². The number of nitrogens with one attached hydrogen (secondary N) is 1. The van der Waals surface area contributed by atoms with Gasteiger partial charge in [0.2, 0.25) is 5.91 Å². The lowest BCUT2D eigenvalue weighted by Crippen LogP contribution is -2.40. The minimum absolute atomic E-state index is 0.234. The number of fused-ring (bicyclic) bond motifs is 1. The Bertz CT molecular complexity index is 1010. The highest BCUT2D eigenvalue weighted by Gasteiger charge is 2.28. The van der Waals surface area contributed by atoms with Crippen LogP contribution in [0.25, 0.3) is 16.9 Å². The van der Waals surface area contributed by atoms with Crippen molar-refractivity contribution in [1.29, 1.82) is 0 Å². The van der Waals surface area contributed by atoms with Crippen LogP contribution in [0.3, 0.4) is 0 Å². The maximum absolute atomic E-state index is 12.5. The van der Waals surface area contributed by atoms with Gasteiger partial charge in [-0.25, -0.2) is 9.50 Å². The van der Waals surface area contributed by atoms with Crippen molar-refractivity contribution in [3.8, 4) is 11.3 Å². The predicted molar refractivity (Wildman–Crippen MR) is 116 cm³/mol. The topological polar surface area (TPSA) is 62.5 Å². The zero-order chi connectivity index (χ0) is 20.4. The zero-order valence-electron chi connectivity index (χ0n) is 17.4. The number of aromatic nitrogens is 3. The molecule has 1 aliphatic heterocycles. The molecule has 0 aliphatic carbocycles. The third-order valence-corrected chi connectivity index (χ3v) is 5.48. The van der Waals surface area contributed by atoms with E-state index in [-0.39, 0.29) is 11.9 Å². The van der Waals surface area contributed by atoms with Crippen LogP contribution in [-0.4, -0.2) is 44.5 Å². The molecule has 0 radical (unpaired) electrons. The normalized spacial score (nSPS) is 16.7. The summed E-state index contributed by atoms with van der Waals surface area (Å²) in [6, 6.07) is 12.5. The lowest BCUT2D eigenvalue weighted by molar-refractivity contribution is -0.132. The van der Waals surface area contributed by atoms with E-state index in [1.54, 1.807) is 0 Å². The van der Waals surface area contributed by atoms with Crippen LogP contribution >= 0.6 is 0 Å². The fourth-order valence-electron chi connectivity index (χ4n) is 4.03. The fourth-order valence-corrected chi connectivity index (χ4v) is 4.03. The predicted octanol–water partition coefficient (Wildman–Crippen LogP) is 4.15. The van der Waals surface area contributed by atoms with Gasteiger partial charge in [-0.3, -0.25) is 4.79 Å². The number of likely N-dealkylation sites (tertiary alicyclic amines) is 1. The molecule has 2 aromatic heterocycles. The summed E-state index contributed by atoms with van der Waals surface area (Å²) in [5.41, 5.74) is 4.10. The molecule has 1 atom stereocenters. The Kier molecular flexibility index (Phi) is 5.51. The molecule has 3 aromatic rings. The molecule has 29 heavy (non-hydrogen) atoms. The van der Waals surface area contributed by atoms with Crippen molar-refractivity contribution in [2.24, 2.45) is 5.92 Å². The van der Waals surface area contributed by atoms with E-state index in [0.29, 0.717) is 12.3 Å². The molecule has 1 aromatic carbocycles. The first-order chi connectivity index (χ1) is 14.0. The number of aryl methyl sites for hydroxylation is 1. The Hall–Kier alpha value is -2.89. The second kappa shape index (κ2) is 8.23. The summed E-state index contributed by atoms with van der Waals surface area (Å²) in [5, 5.41) is 8.20. The van der Waals surface area contributed by atoms with Crippen LogP contribution in [0.5, 0.6) is 0 Å². The summed E-state index contributed by atoms with van der Waals surface area (Å²) < 4.78 is 1.88. The first-order valence-electron chi connectivity index (χ1n) is 10.5. The van der Waals surface area contributed by atoms with Crippen LogP contribution < -0.4 is 5.32 Å². The molecular formula is C23H29N5O. The van der Waals surface area contributed by atoms with Gasteiger partial charge in [0.25, 0.3) is 0 Å². The largest absolute Gasteiger partial charge is 0.367 e. The van der Waals surface area contributed by atoms with Gasteiger partial charge in [0.05, 0.1) is 11.9 Å². The third kappa shape index (κ3) is 4.26. The molecule has 0 bridgehead atoms. The van der Waals surface area contributed by atoms with Crippen LogP contribution in [0.2, 0.25) is 0 Å². The molecule has 4 rings (SSSR count). The molecule has 152 valence electrons. The Balaban J connectivity index is 1.50. The maximum atomic E-state index is 12.5. The summed E-state index contributed by atoms with van der Waals surface area (Å²) in [5.74, 6) is 1.46. The zero-order valence-corrected chi connectivity index (χ0v) is 17.4. The molecule has 6 heteroatoms. The Morgan fingerprint density at radius 1 is 1.28 bits per heavy atom. The average molecular weight is 392 g/mol. The maximum Gasteiger partial charge on any atom is 0.223 e. The highest BCUT2D eigenvalue weighted by molar-refractivity contribution is 5.77. The fraction of sp³-hybridized carbons (Fsp3) is 0.435. The number of carbonyl (C=O) groups excluding carboxylic acids is 1. The number of rotatable bonds is 6. The van der Waals surface area contributed by atoms with E-state index in [9.17, 15) is 4.79 Å². The highest BCUT2D eigenvalue weighted by Crippen LogP contribution is 2.23. The van der Waals surface area contributed by atoms with Crippen LogP contribution in [0.15, 0.2) is 42.6 Å². The number of nitrogens with zero attached hydrogens (tertiary/aromatic N) is 4. The average Bonchev–Trinajstić information content (AvgIpc) is 3.32. The van der Waals surface area contributed by atoms with Crippen molar-refractivity contribution in [1.82, 2.24) is 19.5 Å². The molecule has 1 fully saturated rings. The lowest BCUT2D eigenvalue weighted by atomic mass is 10.1. The van der Waals surface area contributed by atoms with Gasteiger partial charge in [-0.2, -0.15) is 0 Å². The van der Waals surface area contributed by atoms with Crippen LogP contribution in [0, 0.1) is 12.8 Å². The summed E-state index contributed by atoms with van der Waals surface area (Å²) in [4.78, 5) is 19.0. The number of anilines is 1. The standard InChI is InChI=1S/C23H29N5O/c1-16(2)12-23(29)27-11-5-8-19(27)14-24-21-9-10-22-25-15-20(28(22)26-21)18-7-4-6-17(3)13-18/h4,6-7,9-10,13,15-16,19H,5,8,11-12,14H2,1-3H3,(H,24,26). The van der Waals surface area contributed by atoms with Crippen LogP contribution in [0.4, 0.5) is 5.82 Å². The minimum Gasteiger partial charge on any atom is -0.367 e. The van der Waals surface area contributed by atoms with Gasteiger partial charge >= 0.3 is 0 Å². The Labute approximate surface area is 171 Å². The summed E-state index contributed by atoms with van der Waals surface area (Å²) in [6.07, 6.45) is 4.60. The summed E-state index contributed by atoms with van der Waals surface area (Å²) >= 11 is 0. The van der Waals surface area contributed by atoms with E-state index in [4.69, 9.17) is 5.10 Å². The van der Waals surface area contributed by atoms with Crippen LogP contribution in [0.1, 0.15) is 38.7 Å². The molecule has 1 amide bonds. The van der Waals surface area contributed by atoms with Crippen molar-refractivity contribution < 1.29 is 4.79 Å². The van der Waals surface area contributed by atoms with E-state index in [1.807, 2.05) is 27.7 Å². The quantitative estimate of drug-likeness (QED) is 0.686. The second-order valence-electron chi connectivity index (χ2n) is 8.36. The van der Waals surface area contributed by atoms with Gasteiger partial charge in [-0.15, -0.1) is 5.10 Å². The van der Waals surface area contributed by atoms with Gasteiger partial charge in [-0.1, -0.05) is 37.6 Å². The highest BCUT2D eigenvalue weighted by atomic mass is 16.2. The van der Waals surface area contributed by atoms with E-state index < -0.39 is 0 Å². The van der Waals surface area contributed by atoms with E-state index in [1.165, 1.54) is 5.56 Å². The molecule has 0 saturated carbocycles. The minimum atomic E-state index is 0.234. The number of amides is 1. The van der Waals surface area contributed by atoms with Crippen molar-refractivity contribution in [3.63, 3.8) is 0 Å².